The van der Waals surface area contributed by atoms with E-state index in [-0.39, 0.29) is 11.7 Å². The molecule has 0 spiro atoms. The quantitative estimate of drug-likeness (QED) is 0.570. The van der Waals surface area contributed by atoms with Crippen molar-refractivity contribution < 1.29 is 28.2 Å². The predicted octanol–water partition coefficient (Wildman–Crippen LogP) is 3.09. The van der Waals surface area contributed by atoms with Crippen LogP contribution in [-0.4, -0.2) is 34.3 Å². The van der Waals surface area contributed by atoms with E-state index in [2.05, 4.69) is 5.09 Å². The van der Waals surface area contributed by atoms with E-state index >= 15 is 0 Å². The van der Waals surface area contributed by atoms with Crippen LogP contribution in [0.5, 0.6) is 23.0 Å². The highest BCUT2D eigenvalue weighted by molar-refractivity contribution is 7.72. The van der Waals surface area contributed by atoms with E-state index in [1.165, 1.54) is 6.26 Å². The van der Waals surface area contributed by atoms with Crippen molar-refractivity contribution in [1.82, 2.24) is 5.09 Å². The van der Waals surface area contributed by atoms with Crippen LogP contribution >= 0.6 is 8.07 Å². The lowest BCUT2D eigenvalue weighted by Crippen LogP contribution is -2.31. The first kappa shape index (κ1) is 20.6. The number of ether oxygens (including phenoxy) is 4. The Hall–Kier alpha value is -3.18. The van der Waals surface area contributed by atoms with Crippen LogP contribution in [0.25, 0.3) is 0 Å². The normalized spacial score (nSPS) is 10.5. The standard InChI is InChI=1S/C21H22NO6P/c1-24-14-8-5-9-15(25-2)19(14)29(22-21(23)18-12-7-13-28-18)20-16(26-3)10-6-11-17(20)27-4/h5-13H,1-4H3,(H,22,23). The molecule has 0 atom stereocenters. The molecule has 0 bridgehead atoms. The number of furan rings is 1. The molecule has 0 aliphatic rings. The molecule has 0 unspecified atom stereocenters. The van der Waals surface area contributed by atoms with Crippen LogP contribution in [0.4, 0.5) is 0 Å². The Morgan fingerprint density at radius 1 is 0.759 bits per heavy atom. The van der Waals surface area contributed by atoms with Crippen LogP contribution < -0.4 is 34.6 Å². The van der Waals surface area contributed by atoms with Gasteiger partial charge in [0.05, 0.1) is 53.4 Å². The van der Waals surface area contributed by atoms with Gasteiger partial charge < -0.3 is 28.5 Å². The number of amides is 1. The van der Waals surface area contributed by atoms with Gasteiger partial charge in [0.25, 0.3) is 5.91 Å². The van der Waals surface area contributed by atoms with E-state index in [1.807, 2.05) is 36.4 Å². The fourth-order valence-electron chi connectivity index (χ4n) is 2.89. The fraction of sp³-hybridized carbons (Fsp3) is 0.190. The van der Waals surface area contributed by atoms with Crippen LogP contribution in [0.2, 0.25) is 0 Å². The van der Waals surface area contributed by atoms with Crippen molar-refractivity contribution in [2.24, 2.45) is 0 Å². The third-order valence-electron chi connectivity index (χ3n) is 4.21. The molecular formula is C21H22NO6P. The molecular weight excluding hydrogens is 393 g/mol. The van der Waals surface area contributed by atoms with Gasteiger partial charge in [0, 0.05) is 0 Å². The van der Waals surface area contributed by atoms with Crippen molar-refractivity contribution in [2.45, 2.75) is 0 Å². The number of rotatable bonds is 8. The Balaban J connectivity index is 2.23. The second kappa shape index (κ2) is 9.34. The van der Waals surface area contributed by atoms with Crippen LogP contribution in [0.15, 0.2) is 59.2 Å². The number of nitrogens with one attached hydrogen (secondary N) is 1. The smallest absolute Gasteiger partial charge is 0.290 e. The lowest BCUT2D eigenvalue weighted by molar-refractivity contribution is 0.0956. The molecule has 1 aromatic heterocycles. The average Bonchev–Trinajstić information content (AvgIpc) is 3.31. The molecule has 1 amide bonds. The van der Waals surface area contributed by atoms with Gasteiger partial charge >= 0.3 is 0 Å². The molecule has 3 aromatic rings. The van der Waals surface area contributed by atoms with Gasteiger partial charge in [-0.15, -0.1) is 0 Å². The summed E-state index contributed by atoms with van der Waals surface area (Å²) in [6, 6.07) is 14.2. The first-order valence-electron chi connectivity index (χ1n) is 8.71. The zero-order valence-electron chi connectivity index (χ0n) is 16.6. The Morgan fingerprint density at radius 3 is 1.55 bits per heavy atom. The summed E-state index contributed by atoms with van der Waals surface area (Å²) in [6.07, 6.45) is 1.45. The zero-order chi connectivity index (χ0) is 20.8. The summed E-state index contributed by atoms with van der Waals surface area (Å²) in [5.74, 6) is 2.11. The molecule has 7 nitrogen and oxygen atoms in total. The second-order valence-electron chi connectivity index (χ2n) is 5.78. The van der Waals surface area contributed by atoms with Crippen LogP contribution in [-0.2, 0) is 0 Å². The highest BCUT2D eigenvalue weighted by atomic mass is 31.1. The maximum Gasteiger partial charge on any atom is 0.290 e. The number of hydrogen-bond acceptors (Lipinski definition) is 6. The molecule has 0 aliphatic carbocycles. The Bertz CT molecular complexity index is 873. The number of carbonyl (C=O) groups is 1. The van der Waals surface area contributed by atoms with E-state index < -0.39 is 8.07 Å². The van der Waals surface area contributed by atoms with E-state index in [9.17, 15) is 4.79 Å². The molecule has 1 heterocycles. The molecule has 0 aliphatic heterocycles. The van der Waals surface area contributed by atoms with Crippen molar-refractivity contribution in [3.05, 3.63) is 60.6 Å². The Morgan fingerprint density at radius 2 is 1.21 bits per heavy atom. The maximum absolute atomic E-state index is 12.9. The van der Waals surface area contributed by atoms with Crippen molar-refractivity contribution >= 4 is 24.6 Å². The number of methoxy groups -OCH3 is 4. The maximum atomic E-state index is 12.9. The molecule has 0 saturated carbocycles. The van der Waals surface area contributed by atoms with Crippen LogP contribution in [0.1, 0.15) is 10.6 Å². The summed E-state index contributed by atoms with van der Waals surface area (Å²) < 4.78 is 27.6. The highest BCUT2D eigenvalue weighted by Gasteiger charge is 2.31. The van der Waals surface area contributed by atoms with Gasteiger partial charge in [-0.05, 0) is 36.4 Å². The van der Waals surface area contributed by atoms with Crippen LogP contribution in [0.3, 0.4) is 0 Å². The van der Waals surface area contributed by atoms with E-state index in [0.717, 1.165) is 0 Å². The summed E-state index contributed by atoms with van der Waals surface area (Å²) in [4.78, 5) is 12.9. The van der Waals surface area contributed by atoms with Crippen molar-refractivity contribution in [1.29, 1.82) is 0 Å². The van der Waals surface area contributed by atoms with Gasteiger partial charge in [0.1, 0.15) is 23.0 Å². The highest BCUT2D eigenvalue weighted by Crippen LogP contribution is 2.43. The first-order valence-corrected chi connectivity index (χ1v) is 10.0. The van der Waals surface area contributed by atoms with Gasteiger partial charge in [0.15, 0.2) is 5.76 Å². The van der Waals surface area contributed by atoms with Crippen molar-refractivity contribution in [3.8, 4) is 23.0 Å². The topological polar surface area (TPSA) is 79.2 Å². The van der Waals surface area contributed by atoms with Crippen molar-refractivity contribution in [3.63, 3.8) is 0 Å². The minimum atomic E-state index is -1.56. The summed E-state index contributed by atoms with van der Waals surface area (Å²) in [7, 11) is 4.72. The van der Waals surface area contributed by atoms with Crippen LogP contribution in [0, 0.1) is 0 Å². The third-order valence-corrected chi connectivity index (χ3v) is 6.41. The predicted molar refractivity (Wildman–Crippen MR) is 111 cm³/mol. The molecule has 0 radical (unpaired) electrons. The van der Waals surface area contributed by atoms with Gasteiger partial charge in [-0.1, -0.05) is 12.1 Å². The number of benzene rings is 2. The minimum Gasteiger partial charge on any atom is -0.496 e. The van der Waals surface area contributed by atoms with E-state index in [1.54, 1.807) is 40.6 Å². The third kappa shape index (κ3) is 4.15. The fourth-order valence-corrected chi connectivity index (χ4v) is 5.20. The molecule has 29 heavy (non-hydrogen) atoms. The average molecular weight is 415 g/mol. The molecule has 152 valence electrons. The summed E-state index contributed by atoms with van der Waals surface area (Å²) in [6.45, 7) is 0. The lowest BCUT2D eigenvalue weighted by Gasteiger charge is -2.26. The van der Waals surface area contributed by atoms with E-state index in [4.69, 9.17) is 23.4 Å². The summed E-state index contributed by atoms with van der Waals surface area (Å²) >= 11 is 0. The minimum absolute atomic E-state index is 0.195. The van der Waals surface area contributed by atoms with Gasteiger partial charge in [-0.2, -0.15) is 0 Å². The summed E-state index contributed by atoms with van der Waals surface area (Å²) in [5, 5.41) is 4.44. The Kier molecular flexibility index (Phi) is 6.62. The Labute approximate surface area is 170 Å². The largest absolute Gasteiger partial charge is 0.496 e. The molecule has 2 aromatic carbocycles. The monoisotopic (exact) mass is 415 g/mol. The number of hydrogen-bond donors (Lipinski definition) is 1. The summed E-state index contributed by atoms with van der Waals surface area (Å²) in [5.41, 5.74) is 0. The SMILES string of the molecule is COc1cccc(OC)c1P(NC(=O)c1ccco1)c1c(OC)cccc1OC. The lowest BCUT2D eigenvalue weighted by atomic mass is 10.3. The number of carbonyl (C=O) groups excluding carboxylic acids is 1. The van der Waals surface area contributed by atoms with E-state index in [0.29, 0.717) is 33.6 Å². The van der Waals surface area contributed by atoms with Gasteiger partial charge in [-0.3, -0.25) is 4.79 Å². The zero-order valence-corrected chi connectivity index (χ0v) is 17.5. The van der Waals surface area contributed by atoms with Gasteiger partial charge in [0.2, 0.25) is 0 Å². The molecule has 8 heteroatoms. The molecule has 3 rings (SSSR count). The first-order chi connectivity index (χ1) is 14.1. The molecule has 1 N–H and O–H groups in total. The molecule has 0 saturated heterocycles. The second-order valence-corrected chi connectivity index (χ2v) is 7.56. The van der Waals surface area contributed by atoms with Crippen molar-refractivity contribution in [2.75, 3.05) is 28.4 Å². The molecule has 0 fully saturated rings. The van der Waals surface area contributed by atoms with Gasteiger partial charge in [-0.25, -0.2) is 0 Å².